The Morgan fingerprint density at radius 3 is 2.18 bits per heavy atom. The summed E-state index contributed by atoms with van der Waals surface area (Å²) in [5, 5.41) is 0. The van der Waals surface area contributed by atoms with Crippen molar-refractivity contribution in [2.24, 2.45) is 5.73 Å². The quantitative estimate of drug-likeness (QED) is 0.797. The van der Waals surface area contributed by atoms with Gasteiger partial charge in [-0.3, -0.25) is 0 Å². The van der Waals surface area contributed by atoms with Gasteiger partial charge >= 0.3 is 0 Å². The van der Waals surface area contributed by atoms with Crippen LogP contribution in [0.3, 0.4) is 0 Å². The smallest absolute Gasteiger partial charge is 0.104 e. The summed E-state index contributed by atoms with van der Waals surface area (Å²) in [6.07, 6.45) is 3.47. The van der Waals surface area contributed by atoms with E-state index >= 15 is 0 Å². The van der Waals surface area contributed by atoms with E-state index in [-0.39, 0.29) is 0 Å². The van der Waals surface area contributed by atoms with E-state index in [0.29, 0.717) is 6.04 Å². The van der Waals surface area contributed by atoms with Gasteiger partial charge in [0.05, 0.1) is 20.1 Å². The largest absolute Gasteiger partial charge is 0.327 e. The van der Waals surface area contributed by atoms with Gasteiger partial charge in [0.1, 0.15) is 6.54 Å². The number of nitrogens with two attached hydrogens (primary N) is 1. The summed E-state index contributed by atoms with van der Waals surface area (Å²) in [6, 6.07) is 9.53. The van der Waals surface area contributed by atoms with Crippen molar-refractivity contribution < 1.29 is 4.48 Å². The molecule has 1 heterocycles. The van der Waals surface area contributed by atoms with Gasteiger partial charge in [0.25, 0.3) is 0 Å². The number of aryl methyl sites for hydroxylation is 1. The van der Waals surface area contributed by atoms with Crippen LogP contribution in [0.4, 0.5) is 0 Å². The fourth-order valence-electron chi connectivity index (χ4n) is 2.69. The molecule has 1 aliphatic rings. The van der Waals surface area contributed by atoms with E-state index in [4.69, 9.17) is 5.73 Å². The highest BCUT2D eigenvalue weighted by atomic mass is 15.3. The molecule has 0 spiro atoms. The molecule has 0 aliphatic carbocycles. The summed E-state index contributed by atoms with van der Waals surface area (Å²) in [7, 11) is 2.36. The molecular weight excluding hydrogens is 208 g/mol. The van der Waals surface area contributed by atoms with E-state index in [1.165, 1.54) is 37.1 Å². The predicted molar refractivity (Wildman–Crippen MR) is 72.7 cm³/mol. The number of rotatable bonds is 3. The zero-order valence-electron chi connectivity index (χ0n) is 11.2. The van der Waals surface area contributed by atoms with Gasteiger partial charge in [-0.25, -0.2) is 0 Å². The summed E-state index contributed by atoms with van der Waals surface area (Å²) in [5.74, 6) is 0. The molecule has 0 aromatic heterocycles. The maximum atomic E-state index is 5.98. The average molecular weight is 233 g/mol. The average Bonchev–Trinajstić information content (AvgIpc) is 2.34. The van der Waals surface area contributed by atoms with Gasteiger partial charge in [-0.05, 0) is 12.0 Å². The lowest BCUT2D eigenvalue weighted by Gasteiger charge is -2.39. The molecule has 0 amide bonds. The Bertz CT molecular complexity index is 348. The minimum Gasteiger partial charge on any atom is -0.327 e. The van der Waals surface area contributed by atoms with Gasteiger partial charge in [-0.15, -0.1) is 0 Å². The summed E-state index contributed by atoms with van der Waals surface area (Å²) >= 11 is 0. The zero-order chi connectivity index (χ0) is 12.3. The molecule has 1 aliphatic heterocycles. The second-order valence-electron chi connectivity index (χ2n) is 5.73. The van der Waals surface area contributed by atoms with Crippen molar-refractivity contribution in [2.75, 3.05) is 20.1 Å². The van der Waals surface area contributed by atoms with Crippen molar-refractivity contribution in [3.05, 3.63) is 35.4 Å². The van der Waals surface area contributed by atoms with Crippen LogP contribution in [-0.2, 0) is 13.0 Å². The maximum absolute atomic E-state index is 5.98. The molecule has 1 saturated heterocycles. The molecule has 2 nitrogen and oxygen atoms in total. The third-order valence-corrected chi connectivity index (χ3v) is 4.07. The van der Waals surface area contributed by atoms with Crippen molar-refractivity contribution in [2.45, 2.75) is 38.8 Å². The third kappa shape index (κ3) is 3.30. The first-order chi connectivity index (χ1) is 8.11. The number of likely N-dealkylation sites (tertiary alicyclic amines) is 1. The standard InChI is InChI=1S/C15H25N2/c1-3-13-4-6-14(7-5-13)12-17(2)10-8-15(16)9-11-17/h4-7,15H,3,8-12,16H2,1-2H3/q+1. The van der Waals surface area contributed by atoms with Gasteiger partial charge in [-0.1, -0.05) is 31.2 Å². The molecule has 2 N–H and O–H groups in total. The van der Waals surface area contributed by atoms with Crippen LogP contribution in [0.25, 0.3) is 0 Å². The van der Waals surface area contributed by atoms with Crippen molar-refractivity contribution >= 4 is 0 Å². The fraction of sp³-hybridized carbons (Fsp3) is 0.600. The molecule has 1 fully saturated rings. The van der Waals surface area contributed by atoms with Crippen LogP contribution in [0, 0.1) is 0 Å². The van der Waals surface area contributed by atoms with E-state index in [9.17, 15) is 0 Å². The summed E-state index contributed by atoms with van der Waals surface area (Å²) < 4.78 is 1.15. The van der Waals surface area contributed by atoms with Crippen LogP contribution >= 0.6 is 0 Å². The molecule has 0 saturated carbocycles. The molecule has 2 rings (SSSR count). The Morgan fingerprint density at radius 2 is 1.65 bits per heavy atom. The first-order valence-electron chi connectivity index (χ1n) is 6.78. The van der Waals surface area contributed by atoms with E-state index in [1.807, 2.05) is 0 Å². The van der Waals surface area contributed by atoms with Crippen molar-refractivity contribution in [3.8, 4) is 0 Å². The normalized spacial score (nSPS) is 29.2. The molecular formula is C15H25N2+. The van der Waals surface area contributed by atoms with Crippen molar-refractivity contribution in [1.82, 2.24) is 0 Å². The van der Waals surface area contributed by atoms with Gasteiger partial charge in [0.2, 0.25) is 0 Å². The number of hydrogen-bond donors (Lipinski definition) is 1. The number of piperidine rings is 1. The van der Waals surface area contributed by atoms with Gasteiger partial charge < -0.3 is 10.2 Å². The fourth-order valence-corrected chi connectivity index (χ4v) is 2.69. The topological polar surface area (TPSA) is 26.0 Å². The Hall–Kier alpha value is -0.860. The van der Waals surface area contributed by atoms with Crippen LogP contribution in [-0.4, -0.2) is 30.7 Å². The van der Waals surface area contributed by atoms with Crippen molar-refractivity contribution in [1.29, 1.82) is 0 Å². The number of hydrogen-bond acceptors (Lipinski definition) is 1. The monoisotopic (exact) mass is 233 g/mol. The van der Waals surface area contributed by atoms with Gasteiger partial charge in [-0.2, -0.15) is 0 Å². The molecule has 1 aromatic rings. The van der Waals surface area contributed by atoms with Crippen LogP contribution in [0.1, 0.15) is 30.9 Å². The number of nitrogens with zero attached hydrogens (tertiary/aromatic N) is 1. The molecule has 2 heteroatoms. The lowest BCUT2D eigenvalue weighted by atomic mass is 10.0. The van der Waals surface area contributed by atoms with Crippen LogP contribution < -0.4 is 5.73 Å². The molecule has 94 valence electrons. The van der Waals surface area contributed by atoms with Gasteiger partial charge in [0.15, 0.2) is 0 Å². The predicted octanol–water partition coefficient (Wildman–Crippen LogP) is 2.32. The first-order valence-corrected chi connectivity index (χ1v) is 6.78. The van der Waals surface area contributed by atoms with Crippen LogP contribution in [0.15, 0.2) is 24.3 Å². The Labute approximate surface area is 105 Å². The van der Waals surface area contributed by atoms with Crippen LogP contribution in [0.5, 0.6) is 0 Å². The van der Waals surface area contributed by atoms with E-state index in [1.54, 1.807) is 0 Å². The second kappa shape index (κ2) is 5.19. The molecule has 1 aromatic carbocycles. The first kappa shape index (κ1) is 12.6. The minimum absolute atomic E-state index is 0.434. The SMILES string of the molecule is CCc1ccc(C[N+]2(C)CCC(N)CC2)cc1. The Kier molecular flexibility index (Phi) is 3.85. The Morgan fingerprint density at radius 1 is 1.12 bits per heavy atom. The molecule has 0 unspecified atom stereocenters. The van der Waals surface area contributed by atoms with E-state index in [0.717, 1.165) is 17.4 Å². The zero-order valence-corrected chi connectivity index (χ0v) is 11.2. The summed E-state index contributed by atoms with van der Waals surface area (Å²) in [5.41, 5.74) is 8.86. The van der Waals surface area contributed by atoms with E-state index < -0.39 is 0 Å². The maximum Gasteiger partial charge on any atom is 0.104 e. The lowest BCUT2D eigenvalue weighted by Crippen LogP contribution is -2.51. The molecule has 17 heavy (non-hydrogen) atoms. The molecule has 0 bridgehead atoms. The number of benzene rings is 1. The second-order valence-corrected chi connectivity index (χ2v) is 5.73. The highest BCUT2D eigenvalue weighted by Gasteiger charge is 2.28. The van der Waals surface area contributed by atoms with Crippen LogP contribution in [0.2, 0.25) is 0 Å². The Balaban J connectivity index is 1.99. The highest BCUT2D eigenvalue weighted by molar-refractivity contribution is 5.21. The molecule has 0 atom stereocenters. The minimum atomic E-state index is 0.434. The summed E-state index contributed by atoms with van der Waals surface area (Å²) in [6.45, 7) is 5.79. The van der Waals surface area contributed by atoms with Gasteiger partial charge in [0, 0.05) is 24.4 Å². The van der Waals surface area contributed by atoms with E-state index in [2.05, 4.69) is 38.2 Å². The summed E-state index contributed by atoms with van der Waals surface area (Å²) in [4.78, 5) is 0. The molecule has 0 radical (unpaired) electrons. The highest BCUT2D eigenvalue weighted by Crippen LogP contribution is 2.20. The third-order valence-electron chi connectivity index (χ3n) is 4.07. The number of quaternary nitrogens is 1. The van der Waals surface area contributed by atoms with Crippen molar-refractivity contribution in [3.63, 3.8) is 0 Å². The lowest BCUT2D eigenvalue weighted by molar-refractivity contribution is -0.927.